The molecule has 0 N–H and O–H groups in total. The van der Waals surface area contributed by atoms with Crippen LogP contribution in [0.2, 0.25) is 0 Å². The third kappa shape index (κ3) is 7.38. The first-order valence-corrected chi connectivity index (χ1v) is 11.5. The minimum absolute atomic E-state index is 0.707. The zero-order valence-electron chi connectivity index (χ0n) is 16.7. The summed E-state index contributed by atoms with van der Waals surface area (Å²) in [6.45, 7) is 5.53. The lowest BCUT2D eigenvalue weighted by molar-refractivity contribution is 0.327. The van der Waals surface area contributed by atoms with E-state index in [4.69, 9.17) is 10.2 Å². The Morgan fingerprint density at radius 2 is 1.46 bits per heavy atom. The normalized spacial score (nSPS) is 12.7. The molecule has 0 fully saturated rings. The molecule has 1 heterocycles. The maximum atomic E-state index is 4.72. The predicted molar refractivity (Wildman–Crippen MR) is 115 cm³/mol. The van der Waals surface area contributed by atoms with Crippen LogP contribution in [0.3, 0.4) is 0 Å². The number of rotatable bonds is 14. The molecule has 26 heavy (non-hydrogen) atoms. The van der Waals surface area contributed by atoms with Crippen LogP contribution in [0, 0.1) is 5.92 Å². The molecule has 0 aliphatic carbocycles. The van der Waals surface area contributed by atoms with E-state index in [2.05, 4.69) is 29.8 Å². The topological polar surface area (TPSA) is 30.7 Å². The Kier molecular flexibility index (Phi) is 10.3. The fourth-order valence-corrected chi connectivity index (χ4v) is 4.09. The van der Waals surface area contributed by atoms with Crippen molar-refractivity contribution in [2.75, 3.05) is 0 Å². The maximum Gasteiger partial charge on any atom is 0.127 e. The van der Waals surface area contributed by atoms with E-state index in [1.54, 1.807) is 0 Å². The molecule has 1 aromatic carbocycles. The first-order valence-electron chi connectivity index (χ1n) is 10.7. The van der Waals surface area contributed by atoms with Gasteiger partial charge in [-0.25, -0.2) is 0 Å². The van der Waals surface area contributed by atoms with Crippen molar-refractivity contribution in [3.63, 3.8) is 0 Å². The highest BCUT2D eigenvalue weighted by Gasteiger charge is 2.13. The summed E-state index contributed by atoms with van der Waals surface area (Å²) in [6, 6.07) is 6.12. The number of aromatic nitrogens is 3. The maximum absolute atomic E-state index is 4.72. The summed E-state index contributed by atoms with van der Waals surface area (Å²) in [5.41, 5.74) is 1.97. The van der Waals surface area contributed by atoms with Crippen LogP contribution >= 0.6 is 15.9 Å². The van der Waals surface area contributed by atoms with Crippen LogP contribution in [0.15, 0.2) is 22.7 Å². The predicted octanol–water partition coefficient (Wildman–Crippen LogP) is 7.53. The molecule has 1 atom stereocenters. The Hall–Kier alpha value is -0.900. The molecule has 0 radical (unpaired) electrons. The second kappa shape index (κ2) is 12.5. The van der Waals surface area contributed by atoms with Crippen molar-refractivity contribution in [1.29, 1.82) is 0 Å². The lowest BCUT2D eigenvalue weighted by Gasteiger charge is -2.16. The molecular weight excluding hydrogens is 386 g/mol. The molecule has 0 aliphatic heterocycles. The van der Waals surface area contributed by atoms with E-state index in [-0.39, 0.29) is 0 Å². The lowest BCUT2D eigenvalue weighted by atomic mass is 9.94. The molecule has 0 amide bonds. The van der Waals surface area contributed by atoms with Gasteiger partial charge in [-0.05, 0) is 46.8 Å². The molecule has 0 aliphatic rings. The minimum atomic E-state index is 0.707. The molecule has 1 unspecified atom stereocenters. The Bertz CT molecular complexity index is 623. The quantitative estimate of drug-likeness (QED) is 0.295. The summed E-state index contributed by atoms with van der Waals surface area (Å²) in [6.07, 6.45) is 16.3. The SMILES string of the molecule is CCCCCCCCC(CCCCCC)Cn1nc2cccc(Br)c2n1. The van der Waals surface area contributed by atoms with Gasteiger partial charge in [-0.2, -0.15) is 15.0 Å². The van der Waals surface area contributed by atoms with E-state index < -0.39 is 0 Å². The summed E-state index contributed by atoms with van der Waals surface area (Å²) in [7, 11) is 0. The molecule has 0 saturated heterocycles. The molecule has 0 saturated carbocycles. The molecule has 146 valence electrons. The van der Waals surface area contributed by atoms with Crippen molar-refractivity contribution in [1.82, 2.24) is 15.0 Å². The van der Waals surface area contributed by atoms with E-state index in [1.165, 1.54) is 77.0 Å². The average molecular weight is 422 g/mol. The number of fused-ring (bicyclic) bond motifs is 1. The van der Waals surface area contributed by atoms with E-state index >= 15 is 0 Å². The van der Waals surface area contributed by atoms with Gasteiger partial charge in [0.2, 0.25) is 0 Å². The Balaban J connectivity index is 1.87. The van der Waals surface area contributed by atoms with E-state index in [9.17, 15) is 0 Å². The number of unbranched alkanes of at least 4 members (excludes halogenated alkanes) is 8. The van der Waals surface area contributed by atoms with E-state index in [0.29, 0.717) is 5.92 Å². The number of halogens is 1. The summed E-state index contributed by atoms with van der Waals surface area (Å²) in [5.74, 6) is 0.707. The zero-order valence-corrected chi connectivity index (χ0v) is 18.3. The highest BCUT2D eigenvalue weighted by atomic mass is 79.9. The van der Waals surface area contributed by atoms with Gasteiger partial charge in [0.25, 0.3) is 0 Å². The largest absolute Gasteiger partial charge is 0.183 e. The van der Waals surface area contributed by atoms with E-state index in [0.717, 1.165) is 22.1 Å². The van der Waals surface area contributed by atoms with Gasteiger partial charge in [0.05, 0.1) is 6.54 Å². The van der Waals surface area contributed by atoms with Gasteiger partial charge in [-0.3, -0.25) is 0 Å². The minimum Gasteiger partial charge on any atom is -0.183 e. The Morgan fingerprint density at radius 3 is 2.12 bits per heavy atom. The first-order chi connectivity index (χ1) is 12.7. The smallest absolute Gasteiger partial charge is 0.127 e. The summed E-state index contributed by atoms with van der Waals surface area (Å²) in [5, 5.41) is 9.43. The van der Waals surface area contributed by atoms with Crippen LogP contribution < -0.4 is 0 Å². The molecule has 2 rings (SSSR count). The van der Waals surface area contributed by atoms with Gasteiger partial charge >= 0.3 is 0 Å². The van der Waals surface area contributed by atoms with Crippen LogP contribution in [0.4, 0.5) is 0 Å². The number of benzene rings is 1. The fraction of sp³-hybridized carbons (Fsp3) is 0.727. The molecule has 0 bridgehead atoms. The summed E-state index contributed by atoms with van der Waals surface area (Å²) in [4.78, 5) is 1.94. The highest BCUT2D eigenvalue weighted by molar-refractivity contribution is 9.10. The van der Waals surface area contributed by atoms with Crippen molar-refractivity contribution in [2.24, 2.45) is 5.92 Å². The van der Waals surface area contributed by atoms with Crippen LogP contribution in [0.25, 0.3) is 11.0 Å². The summed E-state index contributed by atoms with van der Waals surface area (Å²) < 4.78 is 1.04. The molecule has 4 heteroatoms. The number of hydrogen-bond donors (Lipinski definition) is 0. The monoisotopic (exact) mass is 421 g/mol. The molecular formula is C22H36BrN3. The van der Waals surface area contributed by atoms with Crippen LogP contribution in [-0.4, -0.2) is 15.0 Å². The average Bonchev–Trinajstić information content (AvgIpc) is 3.05. The van der Waals surface area contributed by atoms with Gasteiger partial charge in [-0.1, -0.05) is 84.1 Å². The van der Waals surface area contributed by atoms with Gasteiger partial charge in [-0.15, -0.1) is 0 Å². The van der Waals surface area contributed by atoms with Gasteiger partial charge in [0.1, 0.15) is 11.0 Å². The van der Waals surface area contributed by atoms with Crippen molar-refractivity contribution >= 4 is 27.0 Å². The number of nitrogens with zero attached hydrogens (tertiary/aromatic N) is 3. The second-order valence-electron chi connectivity index (χ2n) is 7.63. The van der Waals surface area contributed by atoms with Crippen LogP contribution in [0.5, 0.6) is 0 Å². The van der Waals surface area contributed by atoms with Crippen LogP contribution in [0.1, 0.15) is 90.9 Å². The van der Waals surface area contributed by atoms with Gasteiger partial charge in [0.15, 0.2) is 0 Å². The first kappa shape index (κ1) is 21.4. The van der Waals surface area contributed by atoms with Crippen molar-refractivity contribution in [3.8, 4) is 0 Å². The third-order valence-electron chi connectivity index (χ3n) is 5.26. The van der Waals surface area contributed by atoms with Gasteiger partial charge < -0.3 is 0 Å². The standard InChI is InChI=1S/C22H36BrN3/c1-3-5-7-9-10-12-15-19(14-11-8-6-4-2)18-26-24-21-17-13-16-20(23)22(21)25-26/h13,16-17,19H,3-12,14-15,18H2,1-2H3. The fourth-order valence-electron chi connectivity index (χ4n) is 3.66. The van der Waals surface area contributed by atoms with Crippen molar-refractivity contribution < 1.29 is 0 Å². The van der Waals surface area contributed by atoms with E-state index in [1.807, 2.05) is 23.0 Å². The Labute approximate surface area is 168 Å². The summed E-state index contributed by atoms with van der Waals surface area (Å²) >= 11 is 3.59. The number of hydrogen-bond acceptors (Lipinski definition) is 2. The van der Waals surface area contributed by atoms with Gasteiger partial charge in [0, 0.05) is 4.47 Å². The molecule has 1 aromatic heterocycles. The highest BCUT2D eigenvalue weighted by Crippen LogP contribution is 2.23. The zero-order chi connectivity index (χ0) is 18.6. The van der Waals surface area contributed by atoms with Crippen molar-refractivity contribution in [2.45, 2.75) is 97.4 Å². The second-order valence-corrected chi connectivity index (χ2v) is 8.49. The molecule has 2 aromatic rings. The van der Waals surface area contributed by atoms with Crippen LogP contribution in [-0.2, 0) is 6.54 Å². The molecule has 0 spiro atoms. The third-order valence-corrected chi connectivity index (χ3v) is 5.90. The molecule has 3 nitrogen and oxygen atoms in total. The lowest BCUT2D eigenvalue weighted by Crippen LogP contribution is -2.13. The van der Waals surface area contributed by atoms with Crippen molar-refractivity contribution in [3.05, 3.63) is 22.7 Å². The Morgan fingerprint density at radius 1 is 0.846 bits per heavy atom.